The summed E-state index contributed by atoms with van der Waals surface area (Å²) < 4.78 is 0. The summed E-state index contributed by atoms with van der Waals surface area (Å²) in [6, 6.07) is 8.46. The van der Waals surface area contributed by atoms with Crippen LogP contribution < -0.4 is 5.32 Å². The van der Waals surface area contributed by atoms with Crippen LogP contribution in [0, 0.1) is 13.8 Å². The Morgan fingerprint density at radius 2 is 1.68 bits per heavy atom. The van der Waals surface area contributed by atoms with Crippen LogP contribution in [0.3, 0.4) is 0 Å². The van der Waals surface area contributed by atoms with Crippen molar-refractivity contribution in [2.75, 3.05) is 12.4 Å². The first-order valence-corrected chi connectivity index (χ1v) is 6.76. The van der Waals surface area contributed by atoms with Crippen molar-refractivity contribution in [2.45, 2.75) is 33.6 Å². The Balaban J connectivity index is 2.50. The zero-order valence-corrected chi connectivity index (χ0v) is 12.1. The maximum atomic E-state index is 4.67. The molecule has 2 aromatic rings. The summed E-state index contributed by atoms with van der Waals surface area (Å²) in [4.78, 5) is 9.24. The van der Waals surface area contributed by atoms with Gasteiger partial charge in [0, 0.05) is 24.4 Å². The van der Waals surface area contributed by atoms with Gasteiger partial charge in [-0.05, 0) is 32.4 Å². The Kier molecular flexibility index (Phi) is 4.15. The van der Waals surface area contributed by atoms with Crippen LogP contribution in [0.2, 0.25) is 0 Å². The van der Waals surface area contributed by atoms with E-state index < -0.39 is 0 Å². The highest BCUT2D eigenvalue weighted by molar-refractivity contribution is 5.59. The van der Waals surface area contributed by atoms with Crippen molar-refractivity contribution in [2.24, 2.45) is 0 Å². The smallest absolute Gasteiger partial charge is 0.161 e. The molecular weight excluding hydrogens is 234 g/mol. The van der Waals surface area contributed by atoms with Gasteiger partial charge in [-0.15, -0.1) is 0 Å². The van der Waals surface area contributed by atoms with E-state index in [0.717, 1.165) is 35.7 Å². The number of nitrogens with zero attached hydrogens (tertiary/aromatic N) is 2. The first-order chi connectivity index (χ1) is 9.12. The molecule has 0 aliphatic carbocycles. The number of aromatic nitrogens is 2. The molecule has 0 aliphatic heterocycles. The molecule has 3 heteroatoms. The lowest BCUT2D eigenvalue weighted by Crippen LogP contribution is -2.01. The van der Waals surface area contributed by atoms with Crippen LogP contribution >= 0.6 is 0 Å². The molecule has 1 aromatic carbocycles. The molecule has 0 radical (unpaired) electrons. The Bertz CT molecular complexity index is 556. The molecule has 3 nitrogen and oxygen atoms in total. The molecule has 19 heavy (non-hydrogen) atoms. The predicted octanol–water partition coefficient (Wildman–Crippen LogP) is 3.75. The fraction of sp³-hybridized carbons (Fsp3) is 0.375. The van der Waals surface area contributed by atoms with Crippen molar-refractivity contribution in [3.8, 4) is 11.4 Å². The molecule has 100 valence electrons. The van der Waals surface area contributed by atoms with E-state index >= 15 is 0 Å². The molecule has 0 spiro atoms. The minimum Gasteiger partial charge on any atom is -0.373 e. The van der Waals surface area contributed by atoms with Crippen molar-refractivity contribution in [1.29, 1.82) is 0 Å². The molecule has 0 unspecified atom stereocenters. The number of hydrogen-bond acceptors (Lipinski definition) is 3. The molecule has 0 saturated carbocycles. The average Bonchev–Trinajstić information content (AvgIpc) is 2.37. The second-order valence-corrected chi connectivity index (χ2v) is 4.94. The molecule has 1 aromatic heterocycles. The van der Waals surface area contributed by atoms with E-state index in [4.69, 9.17) is 0 Å². The van der Waals surface area contributed by atoms with E-state index in [-0.39, 0.29) is 0 Å². The maximum absolute atomic E-state index is 4.67. The highest BCUT2D eigenvalue weighted by Crippen LogP contribution is 2.21. The van der Waals surface area contributed by atoms with Gasteiger partial charge in [-0.3, -0.25) is 0 Å². The fourth-order valence-corrected chi connectivity index (χ4v) is 2.24. The number of hydrogen-bond donors (Lipinski definition) is 1. The summed E-state index contributed by atoms with van der Waals surface area (Å²) in [6.45, 7) is 6.37. The highest BCUT2D eigenvalue weighted by Gasteiger charge is 2.07. The zero-order valence-electron chi connectivity index (χ0n) is 12.1. The first kappa shape index (κ1) is 13.5. The SMILES string of the molecule is CCCc1cc(NC)nc(-c2cc(C)cc(C)c2)n1. The third-order valence-corrected chi connectivity index (χ3v) is 3.02. The molecule has 1 heterocycles. The lowest BCUT2D eigenvalue weighted by atomic mass is 10.1. The number of rotatable bonds is 4. The third-order valence-electron chi connectivity index (χ3n) is 3.02. The van der Waals surface area contributed by atoms with Crippen molar-refractivity contribution in [1.82, 2.24) is 9.97 Å². The highest BCUT2D eigenvalue weighted by atomic mass is 15.0. The van der Waals surface area contributed by atoms with Gasteiger partial charge < -0.3 is 5.32 Å². The van der Waals surface area contributed by atoms with Crippen molar-refractivity contribution >= 4 is 5.82 Å². The standard InChI is InChI=1S/C16H21N3/c1-5-6-14-10-15(17-4)19-16(18-14)13-8-11(2)7-12(3)9-13/h7-10H,5-6H2,1-4H3,(H,17,18,19). The number of nitrogens with one attached hydrogen (secondary N) is 1. The van der Waals surface area contributed by atoms with Gasteiger partial charge in [-0.2, -0.15) is 0 Å². The lowest BCUT2D eigenvalue weighted by molar-refractivity contribution is 0.876. The molecule has 0 aliphatic rings. The molecular formula is C16H21N3. The quantitative estimate of drug-likeness (QED) is 0.904. The van der Waals surface area contributed by atoms with Crippen LogP contribution in [0.15, 0.2) is 24.3 Å². The number of aryl methyl sites for hydroxylation is 3. The second-order valence-electron chi connectivity index (χ2n) is 4.94. The Hall–Kier alpha value is -1.90. The minimum atomic E-state index is 0.808. The summed E-state index contributed by atoms with van der Waals surface area (Å²) in [7, 11) is 1.89. The maximum Gasteiger partial charge on any atom is 0.161 e. The zero-order chi connectivity index (χ0) is 13.8. The molecule has 2 rings (SSSR count). The molecule has 0 saturated heterocycles. The van der Waals surface area contributed by atoms with Crippen LogP contribution in [-0.2, 0) is 6.42 Å². The molecule has 1 N–H and O–H groups in total. The van der Waals surface area contributed by atoms with E-state index in [9.17, 15) is 0 Å². The minimum absolute atomic E-state index is 0.808. The summed E-state index contributed by atoms with van der Waals surface area (Å²) in [5.74, 6) is 1.69. The van der Waals surface area contributed by atoms with Crippen LogP contribution in [0.25, 0.3) is 11.4 Å². The monoisotopic (exact) mass is 255 g/mol. The van der Waals surface area contributed by atoms with Gasteiger partial charge in [0.2, 0.25) is 0 Å². The van der Waals surface area contributed by atoms with Gasteiger partial charge in [0.1, 0.15) is 5.82 Å². The topological polar surface area (TPSA) is 37.8 Å². The summed E-state index contributed by atoms with van der Waals surface area (Å²) in [5.41, 5.74) is 4.67. The van der Waals surface area contributed by atoms with Gasteiger partial charge in [0.25, 0.3) is 0 Å². The van der Waals surface area contributed by atoms with Gasteiger partial charge >= 0.3 is 0 Å². The Morgan fingerprint density at radius 1 is 1.00 bits per heavy atom. The van der Waals surface area contributed by atoms with E-state index in [1.54, 1.807) is 0 Å². The van der Waals surface area contributed by atoms with E-state index in [2.05, 4.69) is 54.3 Å². The van der Waals surface area contributed by atoms with E-state index in [0.29, 0.717) is 0 Å². The number of benzene rings is 1. The summed E-state index contributed by atoms with van der Waals surface area (Å²) in [6.07, 6.45) is 2.07. The van der Waals surface area contributed by atoms with E-state index in [1.165, 1.54) is 11.1 Å². The Morgan fingerprint density at radius 3 is 2.26 bits per heavy atom. The third kappa shape index (κ3) is 3.31. The largest absolute Gasteiger partial charge is 0.373 e. The van der Waals surface area contributed by atoms with Crippen LogP contribution in [0.4, 0.5) is 5.82 Å². The van der Waals surface area contributed by atoms with Gasteiger partial charge in [0.05, 0.1) is 0 Å². The van der Waals surface area contributed by atoms with Crippen molar-refractivity contribution in [3.05, 3.63) is 41.1 Å². The lowest BCUT2D eigenvalue weighted by Gasteiger charge is -2.09. The van der Waals surface area contributed by atoms with E-state index in [1.807, 2.05) is 13.1 Å². The molecule has 0 fully saturated rings. The van der Waals surface area contributed by atoms with Crippen LogP contribution in [0.1, 0.15) is 30.2 Å². The van der Waals surface area contributed by atoms with Gasteiger partial charge in [-0.25, -0.2) is 9.97 Å². The summed E-state index contributed by atoms with van der Waals surface area (Å²) >= 11 is 0. The predicted molar refractivity (Wildman–Crippen MR) is 80.5 cm³/mol. The molecule has 0 atom stereocenters. The Labute approximate surface area is 115 Å². The van der Waals surface area contributed by atoms with Crippen LogP contribution in [0.5, 0.6) is 0 Å². The summed E-state index contributed by atoms with van der Waals surface area (Å²) in [5, 5.41) is 3.11. The van der Waals surface area contributed by atoms with Gasteiger partial charge in [-0.1, -0.05) is 30.5 Å². The average molecular weight is 255 g/mol. The first-order valence-electron chi connectivity index (χ1n) is 6.76. The normalized spacial score (nSPS) is 10.5. The fourth-order valence-electron chi connectivity index (χ4n) is 2.24. The molecule has 0 amide bonds. The van der Waals surface area contributed by atoms with Crippen molar-refractivity contribution in [3.63, 3.8) is 0 Å². The van der Waals surface area contributed by atoms with Gasteiger partial charge in [0.15, 0.2) is 5.82 Å². The number of anilines is 1. The second kappa shape index (κ2) is 5.83. The van der Waals surface area contributed by atoms with Crippen molar-refractivity contribution < 1.29 is 0 Å². The van der Waals surface area contributed by atoms with Crippen LogP contribution in [-0.4, -0.2) is 17.0 Å². The molecule has 0 bridgehead atoms.